The first-order valence-corrected chi connectivity index (χ1v) is 6.30. The molecule has 0 aliphatic heterocycles. The van der Waals surface area contributed by atoms with Crippen molar-refractivity contribution in [1.29, 1.82) is 0 Å². The Labute approximate surface area is 115 Å². The highest BCUT2D eigenvalue weighted by atomic mass is 19.4. The molecule has 0 aliphatic rings. The van der Waals surface area contributed by atoms with Crippen LogP contribution in [0.4, 0.5) is 13.2 Å². The van der Waals surface area contributed by atoms with Gasteiger partial charge in [0.15, 0.2) is 0 Å². The molecule has 1 rings (SSSR count). The second-order valence-corrected chi connectivity index (χ2v) is 5.01. The second-order valence-electron chi connectivity index (χ2n) is 5.01. The molecule has 1 amide bonds. The Kier molecular flexibility index (Phi) is 5.16. The highest BCUT2D eigenvalue weighted by Gasteiger charge is 2.34. The zero-order valence-corrected chi connectivity index (χ0v) is 11.6. The van der Waals surface area contributed by atoms with Gasteiger partial charge in [-0.2, -0.15) is 13.2 Å². The van der Waals surface area contributed by atoms with Crippen LogP contribution in [0.1, 0.15) is 48.2 Å². The summed E-state index contributed by atoms with van der Waals surface area (Å²) in [6, 6.07) is 3.54. The van der Waals surface area contributed by atoms with Gasteiger partial charge in [-0.05, 0) is 30.5 Å². The van der Waals surface area contributed by atoms with Crippen molar-refractivity contribution in [2.24, 2.45) is 0 Å². The maximum absolute atomic E-state index is 13.0. The van der Waals surface area contributed by atoms with Crippen molar-refractivity contribution in [1.82, 2.24) is 5.32 Å². The molecule has 0 saturated heterocycles. The molecule has 20 heavy (non-hydrogen) atoms. The molecule has 0 saturated carbocycles. The molecule has 1 atom stereocenters. The lowest BCUT2D eigenvalue weighted by molar-refractivity contribution is -0.138. The van der Waals surface area contributed by atoms with E-state index < -0.39 is 23.8 Å². The van der Waals surface area contributed by atoms with Crippen LogP contribution in [0.2, 0.25) is 0 Å². The lowest BCUT2D eigenvalue weighted by Gasteiger charge is -2.17. The predicted octanol–water partition coefficient (Wildman–Crippen LogP) is 2.94. The number of carbonyl (C=O) groups is 1. The molecule has 3 nitrogen and oxygen atoms in total. The van der Waals surface area contributed by atoms with Gasteiger partial charge in [0, 0.05) is 12.1 Å². The molecule has 0 fully saturated rings. The van der Waals surface area contributed by atoms with E-state index in [4.69, 9.17) is 5.11 Å². The van der Waals surface area contributed by atoms with Gasteiger partial charge in [-0.25, -0.2) is 0 Å². The zero-order valence-electron chi connectivity index (χ0n) is 11.6. The summed E-state index contributed by atoms with van der Waals surface area (Å²) in [6.07, 6.45) is -5.25. The van der Waals surface area contributed by atoms with Crippen molar-refractivity contribution in [2.75, 3.05) is 6.54 Å². The smallest absolute Gasteiger partial charge is 0.392 e. The summed E-state index contributed by atoms with van der Waals surface area (Å²) in [5, 5.41) is 11.4. The number of hydrogen-bond acceptors (Lipinski definition) is 2. The number of amides is 1. The molecule has 0 aliphatic carbocycles. The maximum atomic E-state index is 13.0. The summed E-state index contributed by atoms with van der Waals surface area (Å²) < 4.78 is 39.0. The van der Waals surface area contributed by atoms with E-state index in [0.717, 1.165) is 6.07 Å². The molecule has 0 heterocycles. The Bertz CT molecular complexity index is 482. The van der Waals surface area contributed by atoms with Gasteiger partial charge in [0.05, 0.1) is 11.7 Å². The average Bonchev–Trinajstić information content (AvgIpc) is 2.33. The number of alkyl halides is 3. The summed E-state index contributed by atoms with van der Waals surface area (Å²) >= 11 is 0. The minimum Gasteiger partial charge on any atom is -0.392 e. The third-order valence-corrected chi connectivity index (χ3v) is 2.80. The van der Waals surface area contributed by atoms with Crippen LogP contribution in [-0.4, -0.2) is 23.7 Å². The van der Waals surface area contributed by atoms with E-state index in [1.807, 2.05) is 0 Å². The van der Waals surface area contributed by atoms with E-state index in [1.54, 1.807) is 13.8 Å². The van der Waals surface area contributed by atoms with Crippen LogP contribution in [0.5, 0.6) is 0 Å². The average molecular weight is 289 g/mol. The summed E-state index contributed by atoms with van der Waals surface area (Å²) in [4.78, 5) is 11.7. The lowest BCUT2D eigenvalue weighted by Crippen LogP contribution is -2.30. The number of rotatable bonds is 4. The van der Waals surface area contributed by atoms with Crippen molar-refractivity contribution >= 4 is 5.91 Å². The number of hydrogen-bond donors (Lipinski definition) is 2. The van der Waals surface area contributed by atoms with E-state index >= 15 is 0 Å². The van der Waals surface area contributed by atoms with E-state index in [2.05, 4.69) is 5.32 Å². The van der Waals surface area contributed by atoms with E-state index in [0.29, 0.717) is 0 Å². The SMILES string of the molecule is CC(O)CNC(=O)c1ccc(C(C)C)c(C(F)(F)F)c1. The van der Waals surface area contributed by atoms with Crippen molar-refractivity contribution in [3.63, 3.8) is 0 Å². The van der Waals surface area contributed by atoms with Crippen LogP contribution in [0.3, 0.4) is 0 Å². The van der Waals surface area contributed by atoms with Gasteiger partial charge in [0.25, 0.3) is 5.91 Å². The normalized spacial score (nSPS) is 13.4. The van der Waals surface area contributed by atoms with E-state index in [1.165, 1.54) is 19.1 Å². The molecule has 0 radical (unpaired) electrons. The van der Waals surface area contributed by atoms with Gasteiger partial charge in [0.2, 0.25) is 0 Å². The number of halogens is 3. The Balaban J connectivity index is 3.10. The molecule has 112 valence electrons. The Morgan fingerprint density at radius 2 is 1.90 bits per heavy atom. The fourth-order valence-corrected chi connectivity index (χ4v) is 1.79. The molecule has 1 unspecified atom stereocenters. The molecule has 0 spiro atoms. The Morgan fingerprint density at radius 3 is 2.35 bits per heavy atom. The van der Waals surface area contributed by atoms with Crippen LogP contribution >= 0.6 is 0 Å². The number of benzene rings is 1. The summed E-state index contributed by atoms with van der Waals surface area (Å²) in [5.74, 6) is -0.923. The monoisotopic (exact) mass is 289 g/mol. The topological polar surface area (TPSA) is 49.3 Å². The highest BCUT2D eigenvalue weighted by molar-refractivity contribution is 5.94. The van der Waals surface area contributed by atoms with Crippen molar-refractivity contribution in [2.45, 2.75) is 39.0 Å². The highest BCUT2D eigenvalue weighted by Crippen LogP contribution is 2.35. The number of aliphatic hydroxyl groups is 1. The second kappa shape index (κ2) is 6.26. The molecule has 1 aromatic rings. The fraction of sp³-hybridized carbons (Fsp3) is 0.500. The summed E-state index contributed by atoms with van der Waals surface area (Å²) in [5.41, 5.74) is -0.704. The number of nitrogens with one attached hydrogen (secondary N) is 1. The first-order valence-electron chi connectivity index (χ1n) is 6.30. The molecule has 1 aromatic carbocycles. The zero-order chi connectivity index (χ0) is 15.5. The number of aliphatic hydroxyl groups excluding tert-OH is 1. The third-order valence-electron chi connectivity index (χ3n) is 2.80. The summed E-state index contributed by atoms with van der Waals surface area (Å²) in [7, 11) is 0. The standard InChI is InChI=1S/C14H18F3NO2/c1-8(2)11-5-4-10(6-12(11)14(15,16)17)13(20)18-7-9(3)19/h4-6,8-9,19H,7H2,1-3H3,(H,18,20). The number of carbonyl (C=O) groups excluding carboxylic acids is 1. The first-order chi connectivity index (χ1) is 9.12. The Hall–Kier alpha value is -1.56. The third kappa shape index (κ3) is 4.23. The summed E-state index contributed by atoms with van der Waals surface area (Å²) in [6.45, 7) is 4.80. The van der Waals surface area contributed by atoms with Crippen LogP contribution in [0.25, 0.3) is 0 Å². The van der Waals surface area contributed by atoms with Crippen LogP contribution in [0, 0.1) is 0 Å². The quantitative estimate of drug-likeness (QED) is 0.895. The molecular formula is C14H18F3NO2. The van der Waals surface area contributed by atoms with Crippen molar-refractivity contribution in [3.05, 3.63) is 34.9 Å². The molecule has 0 bridgehead atoms. The van der Waals surface area contributed by atoms with Gasteiger partial charge in [-0.3, -0.25) is 4.79 Å². The first kappa shape index (κ1) is 16.5. The largest absolute Gasteiger partial charge is 0.416 e. The van der Waals surface area contributed by atoms with Crippen LogP contribution in [-0.2, 0) is 6.18 Å². The lowest BCUT2D eigenvalue weighted by atomic mass is 9.94. The fourth-order valence-electron chi connectivity index (χ4n) is 1.79. The van der Waals surface area contributed by atoms with Crippen LogP contribution in [0.15, 0.2) is 18.2 Å². The van der Waals surface area contributed by atoms with Crippen molar-refractivity contribution in [3.8, 4) is 0 Å². The van der Waals surface area contributed by atoms with E-state index in [9.17, 15) is 18.0 Å². The van der Waals surface area contributed by atoms with Gasteiger partial charge < -0.3 is 10.4 Å². The van der Waals surface area contributed by atoms with Gasteiger partial charge in [0.1, 0.15) is 0 Å². The predicted molar refractivity (Wildman–Crippen MR) is 69.5 cm³/mol. The van der Waals surface area contributed by atoms with E-state index in [-0.39, 0.29) is 23.6 Å². The Morgan fingerprint density at radius 1 is 1.30 bits per heavy atom. The molecule has 0 aromatic heterocycles. The van der Waals surface area contributed by atoms with Crippen molar-refractivity contribution < 1.29 is 23.1 Å². The molecule has 6 heteroatoms. The van der Waals surface area contributed by atoms with Crippen LogP contribution < -0.4 is 5.32 Å². The molecule has 2 N–H and O–H groups in total. The minimum atomic E-state index is -4.50. The van der Waals surface area contributed by atoms with Gasteiger partial charge >= 0.3 is 6.18 Å². The maximum Gasteiger partial charge on any atom is 0.416 e. The van der Waals surface area contributed by atoms with Gasteiger partial charge in [-0.1, -0.05) is 19.9 Å². The minimum absolute atomic E-state index is 0.00782. The molecular weight excluding hydrogens is 271 g/mol. The van der Waals surface area contributed by atoms with Gasteiger partial charge in [-0.15, -0.1) is 0 Å².